The second-order valence-electron chi connectivity index (χ2n) is 6.71. The number of carbonyl (C=O) groups is 1. The van der Waals surface area contributed by atoms with Crippen molar-refractivity contribution in [1.29, 1.82) is 0 Å². The molecule has 2 aliphatic carbocycles. The van der Waals surface area contributed by atoms with Crippen molar-refractivity contribution in [3.05, 3.63) is 65.3 Å². The van der Waals surface area contributed by atoms with Gasteiger partial charge in [-0.15, -0.1) is 0 Å². The van der Waals surface area contributed by atoms with E-state index in [1.165, 1.54) is 27.8 Å². The Morgan fingerprint density at radius 1 is 1.24 bits per heavy atom. The predicted molar refractivity (Wildman–Crippen MR) is 102 cm³/mol. The van der Waals surface area contributed by atoms with Gasteiger partial charge in [-0.05, 0) is 53.7 Å². The van der Waals surface area contributed by atoms with E-state index in [2.05, 4.69) is 48.3 Å². The second kappa shape index (κ2) is 8.93. The summed E-state index contributed by atoms with van der Waals surface area (Å²) >= 11 is 0. The molecule has 0 bridgehead atoms. The third-order valence-corrected chi connectivity index (χ3v) is 4.96. The van der Waals surface area contributed by atoms with Crippen LogP contribution in [-0.2, 0) is 9.53 Å². The van der Waals surface area contributed by atoms with Crippen molar-refractivity contribution in [2.75, 3.05) is 19.9 Å². The monoisotopic (exact) mass is 337 g/mol. The van der Waals surface area contributed by atoms with Gasteiger partial charge >= 0.3 is 0 Å². The zero-order valence-electron chi connectivity index (χ0n) is 14.8. The number of rotatable bonds is 10. The molecule has 0 heterocycles. The molecule has 0 aliphatic heterocycles. The Hall–Kier alpha value is -1.97. The molecule has 132 valence electrons. The Balaban J connectivity index is 1.50. The molecule has 0 radical (unpaired) electrons. The van der Waals surface area contributed by atoms with Crippen LogP contribution in [0, 0.1) is 0 Å². The van der Waals surface area contributed by atoms with E-state index in [0.29, 0.717) is 19.8 Å². The van der Waals surface area contributed by atoms with Crippen molar-refractivity contribution in [1.82, 2.24) is 5.32 Å². The number of fused-ring (bicyclic) bond motifs is 2. The number of carbonyl (C=O) groups excluding carboxylic acids is 1. The standard InChI is InChI=1S/C22H27NO2/c1-17-9-8-12-20-18-10-4-5-11-19(18)21(22(17)20)15-25-16-23-13-6-2-3-7-14-24/h4-5,8,10-12,14,21,23H,1-3,6-7,9,13,15-16H2. The normalized spacial score (nSPS) is 18.4. The fourth-order valence-electron chi connectivity index (χ4n) is 3.73. The zero-order valence-corrected chi connectivity index (χ0v) is 14.8. The first-order valence-corrected chi connectivity index (χ1v) is 9.23. The summed E-state index contributed by atoms with van der Waals surface area (Å²) in [6, 6.07) is 8.62. The topological polar surface area (TPSA) is 38.3 Å². The number of ether oxygens (including phenoxy) is 1. The van der Waals surface area contributed by atoms with E-state index in [0.717, 1.165) is 38.5 Å². The Labute approximate surface area is 150 Å². The molecule has 0 spiro atoms. The average molecular weight is 337 g/mol. The van der Waals surface area contributed by atoms with E-state index >= 15 is 0 Å². The maximum Gasteiger partial charge on any atom is 0.119 e. The van der Waals surface area contributed by atoms with E-state index in [1.54, 1.807) is 0 Å². The van der Waals surface area contributed by atoms with E-state index in [9.17, 15) is 4.79 Å². The molecule has 1 aromatic rings. The van der Waals surface area contributed by atoms with Gasteiger partial charge in [0.15, 0.2) is 0 Å². The molecule has 0 fully saturated rings. The molecular weight excluding hydrogens is 310 g/mol. The van der Waals surface area contributed by atoms with Crippen LogP contribution in [0.15, 0.2) is 54.1 Å². The summed E-state index contributed by atoms with van der Waals surface area (Å²) in [5, 5.41) is 3.33. The highest BCUT2D eigenvalue weighted by molar-refractivity contribution is 5.88. The minimum atomic E-state index is 0.290. The van der Waals surface area contributed by atoms with Gasteiger partial charge in [0.1, 0.15) is 6.29 Å². The highest BCUT2D eigenvalue weighted by Crippen LogP contribution is 2.47. The fraction of sp³-hybridized carbons (Fsp3) is 0.409. The SMILES string of the molecule is C=C1CC=CC2=C1C(COCNCCCCCC=O)c1ccccc12. The molecule has 25 heavy (non-hydrogen) atoms. The highest BCUT2D eigenvalue weighted by atomic mass is 16.5. The van der Waals surface area contributed by atoms with Gasteiger partial charge in [-0.25, -0.2) is 0 Å². The van der Waals surface area contributed by atoms with Gasteiger partial charge in [0, 0.05) is 12.3 Å². The maximum atomic E-state index is 10.3. The van der Waals surface area contributed by atoms with Crippen LogP contribution in [0.3, 0.4) is 0 Å². The number of allylic oxidation sites excluding steroid dienone is 4. The van der Waals surface area contributed by atoms with Crippen LogP contribution in [0.2, 0.25) is 0 Å². The average Bonchev–Trinajstić information content (AvgIpc) is 2.96. The number of hydrogen-bond acceptors (Lipinski definition) is 3. The van der Waals surface area contributed by atoms with Gasteiger partial charge in [0.05, 0.1) is 13.3 Å². The fourth-order valence-corrected chi connectivity index (χ4v) is 3.73. The lowest BCUT2D eigenvalue weighted by Gasteiger charge is -2.20. The molecule has 1 atom stereocenters. The minimum Gasteiger partial charge on any atom is -0.365 e. The molecule has 1 N–H and O–H groups in total. The predicted octanol–water partition coefficient (Wildman–Crippen LogP) is 4.38. The number of nitrogens with one attached hydrogen (secondary N) is 1. The van der Waals surface area contributed by atoms with Gasteiger partial charge in [0.2, 0.25) is 0 Å². The largest absolute Gasteiger partial charge is 0.365 e. The van der Waals surface area contributed by atoms with Crippen LogP contribution < -0.4 is 5.32 Å². The first-order valence-electron chi connectivity index (χ1n) is 9.23. The molecule has 2 aliphatic rings. The molecule has 0 saturated heterocycles. The van der Waals surface area contributed by atoms with Crippen molar-refractivity contribution >= 4 is 11.9 Å². The van der Waals surface area contributed by atoms with Crippen molar-refractivity contribution in [3.8, 4) is 0 Å². The summed E-state index contributed by atoms with van der Waals surface area (Å²) in [6.07, 6.45) is 10.2. The van der Waals surface area contributed by atoms with Crippen LogP contribution in [-0.4, -0.2) is 26.2 Å². The van der Waals surface area contributed by atoms with E-state index in [-0.39, 0.29) is 5.92 Å². The molecule has 1 unspecified atom stereocenters. The van der Waals surface area contributed by atoms with Gasteiger partial charge in [-0.1, -0.05) is 49.4 Å². The van der Waals surface area contributed by atoms with Gasteiger partial charge in [-0.2, -0.15) is 0 Å². The summed E-state index contributed by atoms with van der Waals surface area (Å²) < 4.78 is 5.93. The number of aldehydes is 1. The lowest BCUT2D eigenvalue weighted by molar-refractivity contribution is -0.107. The molecule has 3 nitrogen and oxygen atoms in total. The van der Waals surface area contributed by atoms with Crippen molar-refractivity contribution < 1.29 is 9.53 Å². The van der Waals surface area contributed by atoms with Crippen LogP contribution in [0.1, 0.15) is 49.1 Å². The summed E-state index contributed by atoms with van der Waals surface area (Å²) in [5.74, 6) is 0.290. The first-order chi connectivity index (χ1) is 12.3. The van der Waals surface area contributed by atoms with Crippen LogP contribution in [0.25, 0.3) is 5.57 Å². The molecular formula is C22H27NO2. The lowest BCUT2D eigenvalue weighted by Crippen LogP contribution is -2.21. The van der Waals surface area contributed by atoms with Crippen LogP contribution in [0.5, 0.6) is 0 Å². The van der Waals surface area contributed by atoms with Crippen LogP contribution >= 0.6 is 0 Å². The minimum absolute atomic E-state index is 0.290. The maximum absolute atomic E-state index is 10.3. The molecule has 3 rings (SSSR count). The Morgan fingerprint density at radius 2 is 2.12 bits per heavy atom. The summed E-state index contributed by atoms with van der Waals surface area (Å²) in [4.78, 5) is 10.3. The summed E-state index contributed by atoms with van der Waals surface area (Å²) in [5.41, 5.74) is 6.58. The molecule has 0 saturated carbocycles. The molecule has 3 heteroatoms. The molecule has 1 aromatic carbocycles. The van der Waals surface area contributed by atoms with Gasteiger partial charge in [-0.3, -0.25) is 5.32 Å². The van der Waals surface area contributed by atoms with Crippen LogP contribution in [0.4, 0.5) is 0 Å². The Morgan fingerprint density at radius 3 is 3.00 bits per heavy atom. The van der Waals surface area contributed by atoms with E-state index < -0.39 is 0 Å². The lowest BCUT2D eigenvalue weighted by atomic mass is 9.88. The Bertz CT molecular complexity index is 687. The second-order valence-corrected chi connectivity index (χ2v) is 6.71. The molecule has 0 aromatic heterocycles. The van der Waals surface area contributed by atoms with Gasteiger partial charge < -0.3 is 9.53 Å². The number of unbranched alkanes of at least 4 members (excludes halogenated alkanes) is 3. The highest BCUT2D eigenvalue weighted by Gasteiger charge is 2.32. The van der Waals surface area contributed by atoms with Crippen molar-refractivity contribution in [2.24, 2.45) is 0 Å². The molecule has 0 amide bonds. The zero-order chi connectivity index (χ0) is 17.5. The quantitative estimate of drug-likeness (QED) is 0.391. The van der Waals surface area contributed by atoms with Crippen molar-refractivity contribution in [2.45, 2.75) is 38.0 Å². The summed E-state index contributed by atoms with van der Waals surface area (Å²) in [6.45, 7) is 6.46. The third kappa shape index (κ3) is 4.17. The smallest absolute Gasteiger partial charge is 0.119 e. The number of hydrogen-bond donors (Lipinski definition) is 1. The number of benzene rings is 1. The van der Waals surface area contributed by atoms with Crippen molar-refractivity contribution in [3.63, 3.8) is 0 Å². The third-order valence-electron chi connectivity index (χ3n) is 4.96. The van der Waals surface area contributed by atoms with Gasteiger partial charge in [0.25, 0.3) is 0 Å². The Kier molecular flexibility index (Phi) is 6.37. The van der Waals surface area contributed by atoms with E-state index in [4.69, 9.17) is 4.74 Å². The van der Waals surface area contributed by atoms with E-state index in [1.807, 2.05) is 0 Å². The summed E-state index contributed by atoms with van der Waals surface area (Å²) in [7, 11) is 0. The first kappa shape index (κ1) is 17.8.